The van der Waals surface area contributed by atoms with Crippen LogP contribution < -0.4 is 9.47 Å². The quantitative estimate of drug-likeness (QED) is 0.316. The van der Waals surface area contributed by atoms with Gasteiger partial charge in [-0.1, -0.05) is 23.2 Å². The predicted octanol–water partition coefficient (Wildman–Crippen LogP) is 4.85. The molecule has 0 aliphatic rings. The molecule has 13 heteroatoms. The van der Waals surface area contributed by atoms with Crippen LogP contribution in [0.25, 0.3) is 6.08 Å². The summed E-state index contributed by atoms with van der Waals surface area (Å²) in [5.74, 6) is -0.988. The lowest BCUT2D eigenvalue weighted by Gasteiger charge is -2.11. The van der Waals surface area contributed by atoms with Crippen molar-refractivity contribution >= 4 is 44.8 Å². The highest BCUT2D eigenvalue weighted by Crippen LogP contribution is 2.38. The van der Waals surface area contributed by atoms with Gasteiger partial charge in [0.25, 0.3) is 5.69 Å². The number of nitrogens with zero attached hydrogens (tertiary/aromatic N) is 2. The lowest BCUT2D eigenvalue weighted by molar-refractivity contribution is -0.385. The average Bonchev–Trinajstić information content (AvgIpc) is 2.67. The van der Waals surface area contributed by atoms with Crippen LogP contribution in [0.1, 0.15) is 5.56 Å². The summed E-state index contributed by atoms with van der Waals surface area (Å²) in [5.41, 5.74) is -1.21. The highest BCUT2D eigenvalue weighted by atomic mass is 35.5. The second-order valence-corrected chi connectivity index (χ2v) is 8.13. The minimum Gasteiger partial charge on any atom is -0.493 e. The number of benzene rings is 2. The number of nitro benzene ring substituents is 1. The molecule has 2 aromatic rings. The van der Waals surface area contributed by atoms with Gasteiger partial charge < -0.3 is 9.47 Å². The molecule has 0 heterocycles. The summed E-state index contributed by atoms with van der Waals surface area (Å²) in [6.07, 6.45) is 0.694. The van der Waals surface area contributed by atoms with Gasteiger partial charge >= 0.3 is 6.61 Å². The number of hydrogen-bond acceptors (Lipinski definition) is 7. The first-order valence-corrected chi connectivity index (χ1v) is 9.88. The van der Waals surface area contributed by atoms with E-state index >= 15 is 0 Å². The van der Waals surface area contributed by atoms with Crippen LogP contribution >= 0.6 is 23.2 Å². The standard InChI is InChI=1S/C17H10Cl2F2N2O6S/c1-28-14-5-9(13(23(24)25)7-15(14)29-17(20)21)4-11(8-22)30(26,27)16-6-10(18)2-3-12(16)19/h2-7,17H,1H3/b11-4+. The summed E-state index contributed by atoms with van der Waals surface area (Å²) in [5, 5.41) is 20.5. The lowest BCUT2D eigenvalue weighted by atomic mass is 10.1. The van der Waals surface area contributed by atoms with Crippen molar-refractivity contribution in [3.05, 3.63) is 61.0 Å². The molecule has 0 spiro atoms. The van der Waals surface area contributed by atoms with E-state index in [0.717, 1.165) is 19.2 Å². The smallest absolute Gasteiger partial charge is 0.387 e. The van der Waals surface area contributed by atoms with Gasteiger partial charge in [0.05, 0.1) is 33.6 Å². The Morgan fingerprint density at radius 3 is 2.47 bits per heavy atom. The number of ether oxygens (including phenoxy) is 2. The molecule has 0 bridgehead atoms. The minimum atomic E-state index is -4.52. The number of sulfone groups is 1. The van der Waals surface area contributed by atoms with Crippen LogP contribution in [0.5, 0.6) is 11.5 Å². The molecule has 158 valence electrons. The molecule has 0 aromatic heterocycles. The second kappa shape index (κ2) is 9.25. The second-order valence-electron chi connectivity index (χ2n) is 5.40. The van der Waals surface area contributed by atoms with Crippen molar-refractivity contribution in [2.24, 2.45) is 0 Å². The third-order valence-electron chi connectivity index (χ3n) is 3.59. The van der Waals surface area contributed by atoms with Crippen molar-refractivity contribution in [1.29, 1.82) is 5.26 Å². The van der Waals surface area contributed by atoms with E-state index in [1.807, 2.05) is 0 Å². The van der Waals surface area contributed by atoms with E-state index in [1.165, 1.54) is 18.2 Å². The van der Waals surface area contributed by atoms with Crippen LogP contribution in [0.3, 0.4) is 0 Å². The summed E-state index contributed by atoms with van der Waals surface area (Å²) in [4.78, 5) is 9.02. The highest BCUT2D eigenvalue weighted by Gasteiger charge is 2.27. The zero-order valence-corrected chi connectivity index (χ0v) is 17.1. The van der Waals surface area contributed by atoms with E-state index in [1.54, 1.807) is 0 Å². The Hall–Kier alpha value is -2.94. The van der Waals surface area contributed by atoms with Crippen LogP contribution in [-0.2, 0) is 9.84 Å². The van der Waals surface area contributed by atoms with Gasteiger partial charge in [-0.2, -0.15) is 14.0 Å². The topological polar surface area (TPSA) is 120 Å². The van der Waals surface area contributed by atoms with E-state index < -0.39 is 48.2 Å². The summed E-state index contributed by atoms with van der Waals surface area (Å²) < 4.78 is 59.8. The highest BCUT2D eigenvalue weighted by molar-refractivity contribution is 7.95. The van der Waals surface area contributed by atoms with Gasteiger partial charge in [-0.25, -0.2) is 8.42 Å². The Morgan fingerprint density at radius 1 is 1.27 bits per heavy atom. The number of alkyl halides is 2. The minimum absolute atomic E-state index is 0.0245. The molecule has 0 unspecified atom stereocenters. The fraction of sp³-hybridized carbons (Fsp3) is 0.118. The fourth-order valence-electron chi connectivity index (χ4n) is 2.30. The first-order chi connectivity index (χ1) is 14.0. The molecule has 0 aliphatic carbocycles. The molecule has 2 rings (SSSR count). The van der Waals surface area contributed by atoms with Gasteiger partial charge in [0.15, 0.2) is 11.5 Å². The predicted molar refractivity (Wildman–Crippen MR) is 104 cm³/mol. The van der Waals surface area contributed by atoms with Crippen molar-refractivity contribution < 1.29 is 31.6 Å². The van der Waals surface area contributed by atoms with E-state index in [0.29, 0.717) is 12.1 Å². The molecule has 0 fully saturated rings. The molecule has 8 nitrogen and oxygen atoms in total. The van der Waals surface area contributed by atoms with Gasteiger partial charge in [0.2, 0.25) is 9.84 Å². The normalized spacial score (nSPS) is 11.8. The van der Waals surface area contributed by atoms with Crippen molar-refractivity contribution in [1.82, 2.24) is 0 Å². The lowest BCUT2D eigenvalue weighted by Crippen LogP contribution is -2.06. The van der Waals surface area contributed by atoms with Crippen molar-refractivity contribution in [3.63, 3.8) is 0 Å². The number of halogens is 4. The zero-order chi connectivity index (χ0) is 22.6. The summed E-state index contributed by atoms with van der Waals surface area (Å²) in [6.45, 7) is -3.29. The maximum absolute atomic E-state index is 12.8. The fourth-order valence-corrected chi connectivity index (χ4v) is 4.20. The van der Waals surface area contributed by atoms with Crippen molar-refractivity contribution in [3.8, 4) is 17.6 Å². The largest absolute Gasteiger partial charge is 0.493 e. The van der Waals surface area contributed by atoms with Gasteiger partial charge in [-0.15, -0.1) is 0 Å². The molecule has 0 saturated carbocycles. The van der Waals surface area contributed by atoms with E-state index in [2.05, 4.69) is 4.74 Å². The van der Waals surface area contributed by atoms with Crippen LogP contribution in [0.15, 0.2) is 40.1 Å². The van der Waals surface area contributed by atoms with Crippen LogP contribution in [-0.4, -0.2) is 27.1 Å². The van der Waals surface area contributed by atoms with Crippen LogP contribution in [0, 0.1) is 21.4 Å². The SMILES string of the molecule is COc1cc(/C=C(\C#N)S(=O)(=O)c2cc(Cl)ccc2Cl)c([N+](=O)[O-])cc1OC(F)F. The van der Waals surface area contributed by atoms with Crippen LogP contribution in [0.2, 0.25) is 10.0 Å². The third kappa shape index (κ3) is 4.96. The molecule has 0 saturated heterocycles. The molecule has 30 heavy (non-hydrogen) atoms. The summed E-state index contributed by atoms with van der Waals surface area (Å²) in [7, 11) is -3.44. The molecule has 0 N–H and O–H groups in total. The molecular weight excluding hydrogens is 469 g/mol. The van der Waals surface area contributed by atoms with Gasteiger partial charge in [-0.05, 0) is 30.3 Å². The number of rotatable bonds is 7. The Labute approximate surface area is 178 Å². The first kappa shape index (κ1) is 23.3. The van der Waals surface area contributed by atoms with Crippen molar-refractivity contribution in [2.45, 2.75) is 11.5 Å². The Bertz CT molecular complexity index is 1180. The monoisotopic (exact) mass is 478 g/mol. The van der Waals surface area contributed by atoms with E-state index in [4.69, 9.17) is 27.9 Å². The van der Waals surface area contributed by atoms with Gasteiger partial charge in [-0.3, -0.25) is 10.1 Å². The Kier molecular flexibility index (Phi) is 7.20. The molecule has 0 atom stereocenters. The van der Waals surface area contributed by atoms with Gasteiger partial charge in [0, 0.05) is 5.02 Å². The number of nitriles is 1. The maximum Gasteiger partial charge on any atom is 0.387 e. The molecular formula is C17H10Cl2F2N2O6S. The number of allylic oxidation sites excluding steroid dienone is 1. The van der Waals surface area contributed by atoms with Crippen molar-refractivity contribution in [2.75, 3.05) is 7.11 Å². The zero-order valence-electron chi connectivity index (χ0n) is 14.8. The molecule has 0 amide bonds. The van der Waals surface area contributed by atoms with Crippen LogP contribution in [0.4, 0.5) is 14.5 Å². The number of methoxy groups -OCH3 is 1. The van der Waals surface area contributed by atoms with E-state index in [-0.39, 0.29) is 15.8 Å². The van der Waals surface area contributed by atoms with E-state index in [9.17, 15) is 32.6 Å². The molecule has 0 aliphatic heterocycles. The summed E-state index contributed by atoms with van der Waals surface area (Å²) in [6, 6.07) is 6.51. The third-order valence-corrected chi connectivity index (χ3v) is 5.98. The summed E-state index contributed by atoms with van der Waals surface area (Å²) >= 11 is 11.7. The maximum atomic E-state index is 12.8. The number of nitro groups is 1. The molecule has 2 aromatic carbocycles. The first-order valence-electron chi connectivity index (χ1n) is 7.64. The average molecular weight is 479 g/mol. The Morgan fingerprint density at radius 2 is 1.93 bits per heavy atom. The molecule has 0 radical (unpaired) electrons. The Balaban J connectivity index is 2.73. The number of hydrogen-bond donors (Lipinski definition) is 0. The van der Waals surface area contributed by atoms with Gasteiger partial charge in [0.1, 0.15) is 11.0 Å².